The molecule has 3 aliphatic heterocycles. The zero-order valence-corrected chi connectivity index (χ0v) is 36.1. The molecule has 0 saturated carbocycles. The van der Waals surface area contributed by atoms with Gasteiger partial charge in [-0.25, -0.2) is 0 Å². The van der Waals surface area contributed by atoms with E-state index < -0.39 is 16.1 Å². The quantitative estimate of drug-likeness (QED) is 0.161. The Morgan fingerprint density at radius 1 is 0.400 bits per heavy atom. The molecule has 0 aliphatic carbocycles. The van der Waals surface area contributed by atoms with Crippen molar-refractivity contribution in [2.75, 3.05) is 9.80 Å². The molecule has 0 unspecified atom stereocenters. The number of para-hydroxylation sites is 2. The maximum absolute atomic E-state index is 2.77. The second kappa shape index (κ2) is 13.2. The van der Waals surface area contributed by atoms with Crippen molar-refractivity contribution in [3.05, 3.63) is 206 Å². The van der Waals surface area contributed by atoms with Crippen LogP contribution in [-0.4, -0.2) is 22.9 Å². The fourth-order valence-corrected chi connectivity index (χ4v) is 17.1. The van der Waals surface area contributed by atoms with E-state index in [9.17, 15) is 0 Å². The summed E-state index contributed by atoms with van der Waals surface area (Å²) in [5.41, 5.74) is 14.3. The summed E-state index contributed by atoms with van der Waals surface area (Å²) in [6.45, 7) is 7.47. The summed E-state index contributed by atoms with van der Waals surface area (Å²) in [7, 11) is -4.61. The Morgan fingerprint density at radius 3 is 1.43 bits per heavy atom. The molecule has 3 heterocycles. The monoisotopic (exact) mass is 798 g/mol. The third-order valence-electron chi connectivity index (χ3n) is 13.4. The number of nitrogens with zero attached hydrogens (tertiary/aromatic N) is 2. The van der Waals surface area contributed by atoms with Crippen LogP contribution in [0.1, 0.15) is 0 Å². The van der Waals surface area contributed by atoms with Gasteiger partial charge in [0.2, 0.25) is 0 Å². The Labute approximate surface area is 355 Å². The zero-order chi connectivity index (χ0) is 40.2. The van der Waals surface area contributed by atoms with Gasteiger partial charge in [0.25, 0.3) is 6.71 Å². The zero-order valence-electron chi connectivity index (χ0n) is 34.1. The molecule has 0 atom stereocenters. The first-order valence-corrected chi connectivity index (χ1v) is 26.7. The fourth-order valence-electron chi connectivity index (χ4n) is 10.8. The van der Waals surface area contributed by atoms with E-state index in [1.165, 1.54) is 98.3 Å². The molecular weight excluding hydrogens is 756 g/mol. The Bertz CT molecular complexity index is 3110. The molecule has 60 heavy (non-hydrogen) atoms. The summed E-state index contributed by atoms with van der Waals surface area (Å²) in [5, 5.41) is 9.77. The molecule has 0 radical (unpaired) electrons. The number of fused-ring (bicyclic) bond motifs is 8. The number of anilines is 6. The van der Waals surface area contributed by atoms with Gasteiger partial charge in [0, 0.05) is 34.1 Å². The van der Waals surface area contributed by atoms with Crippen LogP contribution in [0, 0.1) is 0 Å². The topological polar surface area (TPSA) is 6.48 Å². The lowest BCUT2D eigenvalue weighted by Gasteiger charge is -2.45. The van der Waals surface area contributed by atoms with Gasteiger partial charge < -0.3 is 9.80 Å². The van der Waals surface area contributed by atoms with Crippen molar-refractivity contribution in [3.8, 4) is 11.1 Å². The largest absolute Gasteiger partial charge is 0.311 e. The molecule has 0 amide bonds. The second-order valence-corrected chi connectivity index (χ2v) is 26.5. The van der Waals surface area contributed by atoms with E-state index in [1.807, 2.05) is 0 Å². The molecule has 0 bridgehead atoms. The molecule has 284 valence electrons. The molecule has 0 spiro atoms. The van der Waals surface area contributed by atoms with Gasteiger partial charge in [0.1, 0.15) is 0 Å². The van der Waals surface area contributed by atoms with Crippen LogP contribution >= 0.6 is 0 Å². The van der Waals surface area contributed by atoms with Crippen LogP contribution in [0.2, 0.25) is 19.6 Å². The maximum atomic E-state index is 2.69. The predicted octanol–water partition coefficient (Wildman–Crippen LogP) is 8.83. The number of benzene rings is 9. The number of hydrogen-bond donors (Lipinski definition) is 0. The van der Waals surface area contributed by atoms with Crippen molar-refractivity contribution in [2.24, 2.45) is 0 Å². The number of hydrogen-bond acceptors (Lipinski definition) is 2. The molecule has 0 saturated heterocycles. The second-order valence-electron chi connectivity index (χ2n) is 17.7. The Hall–Kier alpha value is -6.66. The van der Waals surface area contributed by atoms with Crippen molar-refractivity contribution < 1.29 is 0 Å². The first kappa shape index (κ1) is 35.3. The fraction of sp³-hybridized carbons (Fsp3) is 0.0545. The molecule has 9 aromatic carbocycles. The van der Waals surface area contributed by atoms with Crippen LogP contribution in [-0.2, 0) is 0 Å². The van der Waals surface area contributed by atoms with Crippen molar-refractivity contribution in [1.82, 2.24) is 0 Å². The van der Waals surface area contributed by atoms with Crippen LogP contribution in [0.3, 0.4) is 0 Å². The molecule has 2 nitrogen and oxygen atoms in total. The van der Waals surface area contributed by atoms with E-state index in [-0.39, 0.29) is 6.71 Å². The SMILES string of the molecule is C[Si](C)(C)c1cc2c3c(c1)N(c1ccccc1)c1cc4ccccc4cc1B3c1cc3c(cc1N2c1ccccc1)-c1ccccc1[Si]3(c1ccccc1)c1ccccc1. The third-order valence-corrected chi connectivity index (χ3v) is 20.3. The molecule has 3 aliphatic rings. The molecule has 12 rings (SSSR count). The van der Waals surface area contributed by atoms with Crippen LogP contribution in [0.25, 0.3) is 21.9 Å². The van der Waals surface area contributed by atoms with Gasteiger partial charge in [-0.05, 0) is 108 Å². The van der Waals surface area contributed by atoms with Crippen LogP contribution in [0.4, 0.5) is 34.1 Å². The van der Waals surface area contributed by atoms with Crippen molar-refractivity contribution in [1.29, 1.82) is 0 Å². The Kier molecular flexibility index (Phi) is 7.75. The van der Waals surface area contributed by atoms with E-state index >= 15 is 0 Å². The van der Waals surface area contributed by atoms with Crippen LogP contribution < -0.4 is 52.1 Å². The number of rotatable bonds is 5. The van der Waals surface area contributed by atoms with Gasteiger partial charge in [-0.3, -0.25) is 0 Å². The van der Waals surface area contributed by atoms with Gasteiger partial charge in [-0.15, -0.1) is 0 Å². The molecule has 0 fully saturated rings. The highest BCUT2D eigenvalue weighted by Gasteiger charge is 2.51. The highest BCUT2D eigenvalue weighted by Crippen LogP contribution is 2.45. The molecule has 5 heteroatoms. The summed E-state index contributed by atoms with van der Waals surface area (Å²) in [6, 6.07) is 78.6. The summed E-state index contributed by atoms with van der Waals surface area (Å²) >= 11 is 0. The van der Waals surface area contributed by atoms with E-state index in [2.05, 4.69) is 236 Å². The average Bonchev–Trinajstić information content (AvgIpc) is 3.58. The van der Waals surface area contributed by atoms with Gasteiger partial charge in [-0.2, -0.15) is 0 Å². The molecule has 0 aromatic heterocycles. The summed E-state index contributed by atoms with van der Waals surface area (Å²) in [5.74, 6) is 0. The standard InChI is InChI=1S/C55H43BN2Si2/c1-59(2,3)44-34-51-55-52(35-44)58(41-24-10-5-11-25-41)50-36-46-45-30-18-19-31-53(45)60(42-26-12-6-13-27-42,43-28-14-7-15-29-43)54(46)37-48(50)56(55)47-32-38-20-16-17-21-39(38)33-49(47)57(51)40-22-8-4-9-23-40/h4-37H,1-3H3. The van der Waals surface area contributed by atoms with Crippen LogP contribution in [0.5, 0.6) is 0 Å². The van der Waals surface area contributed by atoms with Crippen molar-refractivity contribution in [2.45, 2.75) is 19.6 Å². The molecule has 9 aromatic rings. The van der Waals surface area contributed by atoms with E-state index in [1.54, 1.807) is 0 Å². The Balaban J connectivity index is 1.26. The van der Waals surface area contributed by atoms with Crippen LogP contribution in [0.15, 0.2) is 206 Å². The Morgan fingerprint density at radius 2 is 0.867 bits per heavy atom. The average molecular weight is 799 g/mol. The van der Waals surface area contributed by atoms with Gasteiger partial charge in [0.15, 0.2) is 8.07 Å². The lowest BCUT2D eigenvalue weighted by molar-refractivity contribution is 1.26. The summed E-state index contributed by atoms with van der Waals surface area (Å²) in [4.78, 5) is 5.18. The summed E-state index contributed by atoms with van der Waals surface area (Å²) < 4.78 is 0. The highest BCUT2D eigenvalue weighted by atomic mass is 28.3. The maximum Gasteiger partial charge on any atom is 0.252 e. The minimum Gasteiger partial charge on any atom is -0.311 e. The van der Waals surface area contributed by atoms with E-state index in [0.29, 0.717) is 0 Å². The van der Waals surface area contributed by atoms with Gasteiger partial charge >= 0.3 is 0 Å². The van der Waals surface area contributed by atoms with E-state index in [0.717, 1.165) is 0 Å². The molecular formula is C55H43BN2Si2. The smallest absolute Gasteiger partial charge is 0.252 e. The van der Waals surface area contributed by atoms with E-state index in [4.69, 9.17) is 0 Å². The summed E-state index contributed by atoms with van der Waals surface area (Å²) in [6.07, 6.45) is 0. The van der Waals surface area contributed by atoms with Gasteiger partial charge in [0.05, 0.1) is 8.07 Å². The lowest BCUT2D eigenvalue weighted by Crippen LogP contribution is -2.73. The van der Waals surface area contributed by atoms with Gasteiger partial charge in [-0.1, -0.05) is 183 Å². The van der Waals surface area contributed by atoms with Crippen molar-refractivity contribution in [3.63, 3.8) is 0 Å². The third kappa shape index (κ3) is 5.00. The first-order chi connectivity index (χ1) is 29.4. The van der Waals surface area contributed by atoms with Crippen molar-refractivity contribution >= 4 is 110 Å². The normalized spacial score (nSPS) is 14.3. The minimum atomic E-state index is -2.77. The minimum absolute atomic E-state index is 0.00692. The lowest BCUT2D eigenvalue weighted by atomic mass is 9.33. The highest BCUT2D eigenvalue weighted by molar-refractivity contribution is 7.22. The molecule has 0 N–H and O–H groups in total. The predicted molar refractivity (Wildman–Crippen MR) is 264 cm³/mol. The first-order valence-electron chi connectivity index (χ1n) is 21.2.